The van der Waals surface area contributed by atoms with Crippen molar-refractivity contribution in [2.24, 2.45) is 0 Å². The van der Waals surface area contributed by atoms with Gasteiger partial charge in [0.15, 0.2) is 0 Å². The highest BCUT2D eigenvalue weighted by Crippen LogP contribution is 2.40. The Kier molecular flexibility index (Phi) is 6.09. The number of nitrogens with one attached hydrogen (secondary N) is 2. The summed E-state index contributed by atoms with van der Waals surface area (Å²) in [4.78, 5) is 23.3. The second-order valence-corrected chi connectivity index (χ2v) is 8.57. The van der Waals surface area contributed by atoms with Gasteiger partial charge in [0.25, 0.3) is 5.91 Å². The molecule has 0 unspecified atom stereocenters. The fourth-order valence-electron chi connectivity index (χ4n) is 3.46. The summed E-state index contributed by atoms with van der Waals surface area (Å²) in [7, 11) is 0. The molecule has 0 bridgehead atoms. The predicted octanol–water partition coefficient (Wildman–Crippen LogP) is 5.92. The average molecular weight is 429 g/mol. The Hall–Kier alpha value is -3.51. The van der Waals surface area contributed by atoms with E-state index in [1.54, 1.807) is 17.5 Å². The van der Waals surface area contributed by atoms with Crippen molar-refractivity contribution in [1.29, 1.82) is 0 Å². The number of carbonyl (C=O) groups is 1. The molecular formula is C25H24N4OS. The van der Waals surface area contributed by atoms with Gasteiger partial charge in [-0.25, -0.2) is 4.98 Å². The number of amides is 1. The van der Waals surface area contributed by atoms with E-state index in [0.29, 0.717) is 5.56 Å². The second-order valence-electron chi connectivity index (χ2n) is 7.34. The van der Waals surface area contributed by atoms with Crippen molar-refractivity contribution in [2.75, 3.05) is 10.6 Å². The van der Waals surface area contributed by atoms with Crippen molar-refractivity contribution in [2.45, 2.75) is 26.8 Å². The number of thiophene rings is 1. The molecule has 3 aromatic heterocycles. The molecule has 2 N–H and O–H groups in total. The predicted molar refractivity (Wildman–Crippen MR) is 127 cm³/mol. The molecule has 1 aromatic carbocycles. The Bertz CT molecular complexity index is 1190. The summed E-state index contributed by atoms with van der Waals surface area (Å²) in [5.74, 6) is 0.635. The first-order chi connectivity index (χ1) is 15.0. The molecule has 156 valence electrons. The standard InChI is InChI=1S/C25H24N4OS/c1-16-10-9-14-21(27-16)28-23(20-13-7-8-15-26-20)22-17(2)18(3)31-25(22)29-24(30)19-11-5-4-6-12-19/h4-15,23H,1-3H3,(H,27,28)(H,29,30)/t23-/m0/s1. The van der Waals surface area contributed by atoms with Gasteiger partial charge in [-0.2, -0.15) is 0 Å². The van der Waals surface area contributed by atoms with Gasteiger partial charge >= 0.3 is 0 Å². The zero-order valence-corrected chi connectivity index (χ0v) is 18.5. The number of pyridine rings is 2. The molecule has 0 aliphatic carbocycles. The summed E-state index contributed by atoms with van der Waals surface area (Å²) in [6.45, 7) is 6.12. The van der Waals surface area contributed by atoms with Crippen LogP contribution in [0.2, 0.25) is 0 Å². The fraction of sp³-hybridized carbons (Fsp3) is 0.160. The van der Waals surface area contributed by atoms with E-state index in [9.17, 15) is 4.79 Å². The third-order valence-corrected chi connectivity index (χ3v) is 6.29. The largest absolute Gasteiger partial charge is 0.357 e. The first kappa shape index (κ1) is 20.8. The normalized spacial score (nSPS) is 11.7. The van der Waals surface area contributed by atoms with Gasteiger partial charge in [0.05, 0.1) is 11.7 Å². The minimum atomic E-state index is -0.258. The molecule has 0 aliphatic rings. The number of rotatable bonds is 6. The lowest BCUT2D eigenvalue weighted by Crippen LogP contribution is -2.18. The van der Waals surface area contributed by atoms with E-state index < -0.39 is 0 Å². The van der Waals surface area contributed by atoms with E-state index in [1.807, 2.05) is 73.7 Å². The van der Waals surface area contributed by atoms with E-state index in [0.717, 1.165) is 38.2 Å². The average Bonchev–Trinajstić information content (AvgIpc) is 3.06. The highest BCUT2D eigenvalue weighted by Gasteiger charge is 2.26. The third kappa shape index (κ3) is 4.64. The number of hydrogen-bond acceptors (Lipinski definition) is 5. The van der Waals surface area contributed by atoms with Gasteiger partial charge in [-0.3, -0.25) is 9.78 Å². The van der Waals surface area contributed by atoms with E-state index in [4.69, 9.17) is 0 Å². The van der Waals surface area contributed by atoms with Crippen LogP contribution >= 0.6 is 11.3 Å². The smallest absolute Gasteiger partial charge is 0.256 e. The highest BCUT2D eigenvalue weighted by molar-refractivity contribution is 7.16. The molecule has 5 nitrogen and oxygen atoms in total. The number of nitrogens with zero attached hydrogens (tertiary/aromatic N) is 2. The molecule has 31 heavy (non-hydrogen) atoms. The molecule has 0 spiro atoms. The van der Waals surface area contributed by atoms with Gasteiger partial charge in [-0.05, 0) is 62.7 Å². The summed E-state index contributed by atoms with van der Waals surface area (Å²) < 4.78 is 0. The van der Waals surface area contributed by atoms with Crippen molar-refractivity contribution in [3.63, 3.8) is 0 Å². The van der Waals surface area contributed by atoms with Crippen LogP contribution in [0.5, 0.6) is 0 Å². The number of anilines is 2. The molecule has 4 aromatic rings. The van der Waals surface area contributed by atoms with Crippen LogP contribution in [0.15, 0.2) is 72.9 Å². The van der Waals surface area contributed by atoms with Crippen LogP contribution in [0.3, 0.4) is 0 Å². The summed E-state index contributed by atoms with van der Waals surface area (Å²) in [6.07, 6.45) is 1.78. The van der Waals surface area contributed by atoms with E-state index in [-0.39, 0.29) is 11.9 Å². The molecule has 4 rings (SSSR count). The van der Waals surface area contributed by atoms with Crippen LogP contribution in [0, 0.1) is 20.8 Å². The SMILES string of the molecule is Cc1cccc(N[C@@H](c2ccccn2)c2c(NC(=O)c3ccccc3)sc(C)c2C)n1. The Morgan fingerprint density at radius 2 is 1.71 bits per heavy atom. The first-order valence-electron chi connectivity index (χ1n) is 10.1. The van der Waals surface area contributed by atoms with Crippen molar-refractivity contribution < 1.29 is 4.79 Å². The maximum absolute atomic E-state index is 12.9. The Morgan fingerprint density at radius 3 is 2.42 bits per heavy atom. The molecule has 1 amide bonds. The van der Waals surface area contributed by atoms with Gasteiger partial charge in [-0.1, -0.05) is 30.3 Å². The van der Waals surface area contributed by atoms with E-state index in [2.05, 4.69) is 34.4 Å². The van der Waals surface area contributed by atoms with Crippen molar-refractivity contribution in [3.05, 3.63) is 106 Å². The lowest BCUT2D eigenvalue weighted by atomic mass is 10.00. The van der Waals surface area contributed by atoms with Gasteiger partial charge < -0.3 is 10.6 Å². The Labute approximate surface area is 186 Å². The van der Waals surface area contributed by atoms with Crippen molar-refractivity contribution >= 4 is 28.1 Å². The number of hydrogen-bond donors (Lipinski definition) is 2. The number of aromatic nitrogens is 2. The lowest BCUT2D eigenvalue weighted by Gasteiger charge is -2.21. The zero-order valence-electron chi connectivity index (χ0n) is 17.7. The summed E-state index contributed by atoms with van der Waals surface area (Å²) in [6, 6.07) is 20.7. The van der Waals surface area contributed by atoms with Gasteiger partial charge in [0.1, 0.15) is 10.8 Å². The quantitative estimate of drug-likeness (QED) is 0.400. The van der Waals surface area contributed by atoms with Crippen LogP contribution < -0.4 is 10.6 Å². The zero-order chi connectivity index (χ0) is 21.8. The maximum Gasteiger partial charge on any atom is 0.256 e. The highest BCUT2D eigenvalue weighted by atomic mass is 32.1. The number of carbonyl (C=O) groups excluding carboxylic acids is 1. The monoisotopic (exact) mass is 428 g/mol. The van der Waals surface area contributed by atoms with Gasteiger partial charge in [-0.15, -0.1) is 11.3 Å². The molecule has 6 heteroatoms. The minimum Gasteiger partial charge on any atom is -0.357 e. The number of benzene rings is 1. The molecule has 0 saturated heterocycles. The third-order valence-electron chi connectivity index (χ3n) is 5.15. The Morgan fingerprint density at radius 1 is 0.935 bits per heavy atom. The molecule has 0 aliphatic heterocycles. The molecule has 0 radical (unpaired) electrons. The van der Waals surface area contributed by atoms with E-state index in [1.165, 1.54) is 0 Å². The first-order valence-corrected chi connectivity index (χ1v) is 10.9. The fourth-order valence-corrected chi connectivity index (χ4v) is 4.56. The summed E-state index contributed by atoms with van der Waals surface area (Å²) in [5.41, 5.74) is 4.56. The molecule has 1 atom stereocenters. The number of aryl methyl sites for hydroxylation is 2. The molecule has 3 heterocycles. The lowest BCUT2D eigenvalue weighted by molar-refractivity contribution is 0.102. The van der Waals surface area contributed by atoms with Crippen molar-refractivity contribution in [1.82, 2.24) is 9.97 Å². The molecule has 0 saturated carbocycles. The van der Waals surface area contributed by atoms with Gasteiger partial charge in [0, 0.05) is 27.9 Å². The van der Waals surface area contributed by atoms with Crippen LogP contribution in [0.1, 0.15) is 43.8 Å². The van der Waals surface area contributed by atoms with E-state index >= 15 is 0 Å². The van der Waals surface area contributed by atoms with Crippen LogP contribution in [-0.4, -0.2) is 15.9 Å². The van der Waals surface area contributed by atoms with Crippen molar-refractivity contribution in [3.8, 4) is 0 Å². The molecular weight excluding hydrogens is 404 g/mol. The summed E-state index contributed by atoms with van der Waals surface area (Å²) >= 11 is 1.58. The Balaban J connectivity index is 1.76. The topological polar surface area (TPSA) is 66.9 Å². The molecule has 0 fully saturated rings. The summed E-state index contributed by atoms with van der Waals surface area (Å²) in [5, 5.41) is 7.49. The van der Waals surface area contributed by atoms with Crippen LogP contribution in [-0.2, 0) is 0 Å². The maximum atomic E-state index is 12.9. The van der Waals surface area contributed by atoms with Gasteiger partial charge in [0.2, 0.25) is 0 Å². The minimum absolute atomic E-state index is 0.128. The van der Waals surface area contributed by atoms with Crippen LogP contribution in [0.4, 0.5) is 10.8 Å². The second kappa shape index (κ2) is 9.10. The van der Waals surface area contributed by atoms with Crippen LogP contribution in [0.25, 0.3) is 0 Å².